The predicted octanol–water partition coefficient (Wildman–Crippen LogP) is 10.3. The summed E-state index contributed by atoms with van der Waals surface area (Å²) in [6.45, 7) is 16.4. The molecular weight excluding hydrogens is 791 g/mol. The van der Waals surface area contributed by atoms with Gasteiger partial charge in [-0.3, -0.25) is 15.0 Å². The molecule has 0 unspecified atom stereocenters. The fraction of sp³-hybridized carbons (Fsp3) is 0.510. The van der Waals surface area contributed by atoms with Crippen molar-refractivity contribution in [3.05, 3.63) is 112 Å². The summed E-state index contributed by atoms with van der Waals surface area (Å²) < 4.78 is 26.9. The van der Waals surface area contributed by atoms with Gasteiger partial charge in [-0.2, -0.15) is 0 Å². The quantitative estimate of drug-likeness (QED) is 0.0514. The zero-order valence-electron chi connectivity index (χ0n) is 37.0. The van der Waals surface area contributed by atoms with Gasteiger partial charge in [0.05, 0.1) is 23.2 Å². The Bertz CT molecular complexity index is 2110. The maximum Gasteiger partial charge on any atom is 0.415 e. The summed E-state index contributed by atoms with van der Waals surface area (Å²) in [5.41, 5.74) is 4.05. The Morgan fingerprint density at radius 1 is 0.984 bits per heavy atom. The molecule has 6 rings (SSSR count). The Hall–Kier alpha value is -5.24. The lowest BCUT2D eigenvalue weighted by molar-refractivity contribution is -0.384. The van der Waals surface area contributed by atoms with Crippen LogP contribution in [0.25, 0.3) is 0 Å². The van der Waals surface area contributed by atoms with Gasteiger partial charge in [-0.05, 0) is 138 Å². The number of ether oxygens (including phenoxy) is 4. The number of nitrogens with zero attached hydrogens (tertiary/aromatic N) is 3. The van der Waals surface area contributed by atoms with Gasteiger partial charge in [0, 0.05) is 49.8 Å². The number of fused-ring (bicyclic) bond motifs is 2. The van der Waals surface area contributed by atoms with Gasteiger partial charge < -0.3 is 34.0 Å². The molecule has 3 aromatic carbocycles. The van der Waals surface area contributed by atoms with Gasteiger partial charge in [-0.1, -0.05) is 43.1 Å². The molecule has 0 spiro atoms. The number of nitro groups is 1. The average Bonchev–Trinajstić information content (AvgIpc) is 3.24. The van der Waals surface area contributed by atoms with E-state index < -0.39 is 34.4 Å². The molecule has 6 atom stereocenters. The molecule has 334 valence electrons. The molecule has 1 saturated carbocycles. The second kappa shape index (κ2) is 20.3. The number of hydrogen-bond acceptors (Lipinski definition) is 11. The monoisotopic (exact) mass is 853 g/mol. The summed E-state index contributed by atoms with van der Waals surface area (Å²) in [7, 11) is 0. The third-order valence-corrected chi connectivity index (χ3v) is 12.1. The third-order valence-electron chi connectivity index (χ3n) is 12.1. The van der Waals surface area contributed by atoms with Crippen molar-refractivity contribution in [3.8, 4) is 23.0 Å². The van der Waals surface area contributed by atoms with Gasteiger partial charge in [0.2, 0.25) is 5.79 Å². The zero-order chi connectivity index (χ0) is 44.6. The lowest BCUT2D eigenvalue weighted by Gasteiger charge is -2.60. The molecule has 62 heavy (non-hydrogen) atoms. The number of nitro benzene ring substituents is 1. The van der Waals surface area contributed by atoms with Gasteiger partial charge in [0.25, 0.3) is 5.69 Å². The number of carbonyl (C=O) groups excluding carboxylic acids is 1. The van der Waals surface area contributed by atoms with E-state index in [-0.39, 0.29) is 62.0 Å². The molecule has 13 nitrogen and oxygen atoms in total. The Morgan fingerprint density at radius 2 is 1.66 bits per heavy atom. The van der Waals surface area contributed by atoms with Gasteiger partial charge in [0.15, 0.2) is 0 Å². The highest BCUT2D eigenvalue weighted by Gasteiger charge is 2.65. The highest BCUT2D eigenvalue weighted by atomic mass is 16.7. The molecule has 1 aliphatic heterocycles. The van der Waals surface area contributed by atoms with E-state index >= 15 is 0 Å². The molecule has 0 saturated heterocycles. The van der Waals surface area contributed by atoms with Crippen LogP contribution in [0.5, 0.6) is 23.0 Å². The molecule has 1 fully saturated rings. The molecule has 2 N–H and O–H groups in total. The highest BCUT2D eigenvalue weighted by Crippen LogP contribution is 2.62. The molecule has 1 amide bonds. The molecule has 2 aliphatic carbocycles. The van der Waals surface area contributed by atoms with Crippen LogP contribution < -0.4 is 14.2 Å². The van der Waals surface area contributed by atoms with Crippen LogP contribution in [0, 0.1) is 41.7 Å². The number of aryl methyl sites for hydroxylation is 2. The van der Waals surface area contributed by atoms with Crippen LogP contribution in [0.2, 0.25) is 0 Å². The number of benzene rings is 3. The van der Waals surface area contributed by atoms with E-state index in [1.54, 1.807) is 11.0 Å². The molecule has 0 radical (unpaired) electrons. The Kier molecular flexibility index (Phi) is 15.1. The van der Waals surface area contributed by atoms with Crippen LogP contribution in [-0.4, -0.2) is 75.6 Å². The van der Waals surface area contributed by atoms with E-state index in [1.807, 2.05) is 58.0 Å². The van der Waals surface area contributed by atoms with Crippen molar-refractivity contribution in [3.63, 3.8) is 0 Å². The Labute approximate surface area is 365 Å². The van der Waals surface area contributed by atoms with E-state index in [0.29, 0.717) is 42.2 Å². The van der Waals surface area contributed by atoms with Crippen LogP contribution >= 0.6 is 0 Å². The molecule has 13 heteroatoms. The zero-order valence-corrected chi connectivity index (χ0v) is 37.0. The number of amides is 1. The standard InChI is InChI=1S/C49H63N3O10/c1-8-24-51(47(55)60-36-20-17-35(18-21-36)52(56)57)44-31-42(50-62-48(5,6)7)40-29-34(14-10-12-25-53)39(15-11-13-26-54)45-41-30-38(59-37-19-16-32(3)33(4)28-37)22-23-43(41)61-49(44,46(40)45)58-27-9-2/h9,16-23,28-30,34,39,44-46,53-54H,2,8,10-15,24-27,31H2,1,3-7H3/t34-,39+,44-,45+,46+,49+/m0/s1. The summed E-state index contributed by atoms with van der Waals surface area (Å²) in [4.78, 5) is 33.4. The first-order valence-corrected chi connectivity index (χ1v) is 22.0. The smallest absolute Gasteiger partial charge is 0.415 e. The van der Waals surface area contributed by atoms with E-state index in [2.05, 4.69) is 32.6 Å². The number of allylic oxidation sites excluding steroid dienone is 1. The first-order chi connectivity index (χ1) is 29.7. The minimum absolute atomic E-state index is 0.0236. The van der Waals surface area contributed by atoms with E-state index in [0.717, 1.165) is 42.4 Å². The summed E-state index contributed by atoms with van der Waals surface area (Å²) in [6, 6.07) is 16.5. The van der Waals surface area contributed by atoms with Gasteiger partial charge in [-0.15, -0.1) is 6.58 Å². The van der Waals surface area contributed by atoms with Crippen LogP contribution in [-0.2, 0) is 9.57 Å². The first-order valence-electron chi connectivity index (χ1n) is 22.0. The second-order valence-electron chi connectivity index (χ2n) is 17.6. The van der Waals surface area contributed by atoms with Crippen LogP contribution in [0.3, 0.4) is 0 Å². The van der Waals surface area contributed by atoms with Crippen molar-refractivity contribution in [1.29, 1.82) is 0 Å². The molecule has 3 aromatic rings. The largest absolute Gasteiger partial charge is 0.459 e. The fourth-order valence-electron chi connectivity index (χ4n) is 9.23. The normalized spacial score (nSPS) is 23.3. The number of hydrogen-bond donors (Lipinski definition) is 2. The van der Waals surface area contributed by atoms with Gasteiger partial charge in [0.1, 0.15) is 34.6 Å². The summed E-state index contributed by atoms with van der Waals surface area (Å²) in [5.74, 6) is -0.0591. The van der Waals surface area contributed by atoms with Crippen molar-refractivity contribution in [2.75, 3.05) is 26.4 Å². The SMILES string of the molecule is C=CCO[C@@]12Oc3ccc(Oc4ccc(C)c(C)c4)cc3[C@H]3[C@H](CCCCO)[C@@H](CCCCO)C=C(C(=NOC(C)(C)C)C[C@@H]1N(CCC)C(=O)Oc1ccc([N+](=O)[O-])cc1)[C@H]32. The minimum atomic E-state index is -1.48. The van der Waals surface area contributed by atoms with Gasteiger partial charge in [-0.25, -0.2) is 4.79 Å². The van der Waals surface area contributed by atoms with Gasteiger partial charge >= 0.3 is 6.09 Å². The minimum Gasteiger partial charge on any atom is -0.459 e. The number of carbonyl (C=O) groups is 1. The van der Waals surface area contributed by atoms with Crippen molar-refractivity contribution in [1.82, 2.24) is 4.90 Å². The highest BCUT2D eigenvalue weighted by molar-refractivity contribution is 6.03. The molecule has 3 aliphatic rings. The van der Waals surface area contributed by atoms with Crippen LogP contribution in [0.4, 0.5) is 10.5 Å². The van der Waals surface area contributed by atoms with Crippen LogP contribution in [0.1, 0.15) is 102 Å². The Balaban J connectivity index is 1.58. The van der Waals surface area contributed by atoms with E-state index in [9.17, 15) is 25.1 Å². The molecule has 1 heterocycles. The number of aliphatic hydroxyl groups is 2. The van der Waals surface area contributed by atoms with Crippen molar-refractivity contribution >= 4 is 17.5 Å². The van der Waals surface area contributed by atoms with Crippen molar-refractivity contribution < 1.29 is 43.7 Å². The molecule has 0 bridgehead atoms. The topological polar surface area (TPSA) is 162 Å². The van der Waals surface area contributed by atoms with Crippen molar-refractivity contribution in [2.45, 2.75) is 116 Å². The van der Waals surface area contributed by atoms with Crippen molar-refractivity contribution in [2.24, 2.45) is 22.9 Å². The number of non-ortho nitro benzene ring substituents is 1. The second-order valence-corrected chi connectivity index (χ2v) is 17.6. The summed E-state index contributed by atoms with van der Waals surface area (Å²) in [5, 5.41) is 36.2. The maximum atomic E-state index is 14.6. The predicted molar refractivity (Wildman–Crippen MR) is 238 cm³/mol. The molecule has 0 aromatic heterocycles. The summed E-state index contributed by atoms with van der Waals surface area (Å²) >= 11 is 0. The maximum absolute atomic E-state index is 14.6. The van der Waals surface area contributed by atoms with E-state index in [4.69, 9.17) is 28.9 Å². The van der Waals surface area contributed by atoms with Crippen LogP contribution in [0.15, 0.2) is 90.1 Å². The average molecular weight is 854 g/mol. The summed E-state index contributed by atoms with van der Waals surface area (Å²) in [6.07, 6.45) is 8.55. The number of rotatable bonds is 19. The number of oxime groups is 1. The lowest BCUT2D eigenvalue weighted by atomic mass is 9.55. The fourth-order valence-corrected chi connectivity index (χ4v) is 9.23. The number of unbranched alkanes of at least 4 members (excludes halogenated alkanes) is 2. The molecular formula is C49H63N3O10. The number of aliphatic hydroxyl groups excluding tert-OH is 2. The third kappa shape index (κ3) is 10.3. The van der Waals surface area contributed by atoms with E-state index in [1.165, 1.54) is 29.8 Å². The lowest BCUT2D eigenvalue weighted by Crippen LogP contribution is -2.70. The first kappa shape index (κ1) is 46.3. The Morgan fingerprint density at radius 3 is 2.31 bits per heavy atom.